The molecule has 0 aromatic carbocycles. The van der Waals surface area contributed by atoms with Crippen molar-refractivity contribution in [3.8, 4) is 0 Å². The average molecular weight is 262 g/mol. The normalized spacial score (nSPS) is 11.9. The molecule has 1 rings (SSSR count). The Bertz CT molecular complexity index is 429. The van der Waals surface area contributed by atoms with Gasteiger partial charge in [-0.25, -0.2) is 13.1 Å². The smallest absolute Gasteiger partial charge is 0.223 e. The molecular formula is C9H18N4O3S. The molecule has 2 N–H and O–H groups in total. The molecule has 17 heavy (non-hydrogen) atoms. The van der Waals surface area contributed by atoms with Crippen LogP contribution >= 0.6 is 0 Å². The zero-order chi connectivity index (χ0) is 12.7. The number of hydrogen-bond donors (Lipinski definition) is 2. The topological polar surface area (TPSA) is 97.1 Å². The van der Waals surface area contributed by atoms with Gasteiger partial charge in [0.05, 0.1) is 12.3 Å². The zero-order valence-corrected chi connectivity index (χ0v) is 10.9. The number of aryl methyl sites for hydroxylation is 1. The second kappa shape index (κ2) is 6.67. The predicted molar refractivity (Wildman–Crippen MR) is 62.8 cm³/mol. The minimum absolute atomic E-state index is 0.0751. The third-order valence-electron chi connectivity index (χ3n) is 2.11. The van der Waals surface area contributed by atoms with Gasteiger partial charge < -0.3 is 9.84 Å². The highest BCUT2D eigenvalue weighted by atomic mass is 32.2. The molecule has 0 bridgehead atoms. The number of nitrogens with zero attached hydrogens (tertiary/aromatic N) is 2. The van der Waals surface area contributed by atoms with E-state index in [4.69, 9.17) is 4.52 Å². The quantitative estimate of drug-likeness (QED) is 0.630. The van der Waals surface area contributed by atoms with Gasteiger partial charge in [0.25, 0.3) is 0 Å². The molecule has 1 aromatic heterocycles. The number of hydrogen-bond acceptors (Lipinski definition) is 6. The maximum absolute atomic E-state index is 11.6. The van der Waals surface area contributed by atoms with Crippen molar-refractivity contribution in [2.24, 2.45) is 0 Å². The highest BCUT2D eigenvalue weighted by Gasteiger charge is 2.11. The Balaban J connectivity index is 2.29. The molecule has 0 unspecified atom stereocenters. The minimum Gasteiger partial charge on any atom is -0.340 e. The lowest BCUT2D eigenvalue weighted by molar-refractivity contribution is 0.387. The Morgan fingerprint density at radius 3 is 2.71 bits per heavy atom. The van der Waals surface area contributed by atoms with E-state index in [-0.39, 0.29) is 12.3 Å². The van der Waals surface area contributed by atoms with E-state index in [0.717, 1.165) is 13.0 Å². The Kier molecular flexibility index (Phi) is 5.52. The van der Waals surface area contributed by atoms with Crippen molar-refractivity contribution in [1.29, 1.82) is 0 Å². The zero-order valence-electron chi connectivity index (χ0n) is 10.1. The van der Waals surface area contributed by atoms with Gasteiger partial charge in [0.15, 0.2) is 5.82 Å². The van der Waals surface area contributed by atoms with Crippen molar-refractivity contribution in [2.45, 2.75) is 26.3 Å². The molecule has 0 saturated carbocycles. The van der Waals surface area contributed by atoms with Crippen molar-refractivity contribution in [3.05, 3.63) is 11.7 Å². The number of aromatic nitrogens is 2. The van der Waals surface area contributed by atoms with E-state index in [1.807, 2.05) is 7.05 Å². The van der Waals surface area contributed by atoms with Crippen LogP contribution in [-0.4, -0.2) is 37.9 Å². The van der Waals surface area contributed by atoms with E-state index in [2.05, 4.69) is 20.2 Å². The van der Waals surface area contributed by atoms with E-state index >= 15 is 0 Å². The molecule has 0 fully saturated rings. The van der Waals surface area contributed by atoms with Crippen LogP contribution in [0, 0.1) is 6.92 Å². The van der Waals surface area contributed by atoms with Gasteiger partial charge in [-0.05, 0) is 26.4 Å². The summed E-state index contributed by atoms with van der Waals surface area (Å²) in [6, 6.07) is 0. The molecule has 0 aliphatic carbocycles. The molecule has 98 valence electrons. The van der Waals surface area contributed by atoms with Crippen molar-refractivity contribution in [1.82, 2.24) is 20.2 Å². The maximum Gasteiger partial charge on any atom is 0.223 e. The summed E-state index contributed by atoms with van der Waals surface area (Å²) in [7, 11) is -1.41. The van der Waals surface area contributed by atoms with Crippen LogP contribution in [0.1, 0.15) is 24.6 Å². The Hall–Kier alpha value is -0.990. The summed E-state index contributed by atoms with van der Waals surface area (Å²) in [5, 5.41) is 6.57. The first-order chi connectivity index (χ1) is 8.03. The fourth-order valence-electron chi connectivity index (χ4n) is 1.25. The van der Waals surface area contributed by atoms with E-state index in [1.165, 1.54) is 0 Å². The molecule has 0 radical (unpaired) electrons. The summed E-state index contributed by atoms with van der Waals surface area (Å²) in [5.41, 5.74) is 0. The van der Waals surface area contributed by atoms with Crippen LogP contribution in [0.2, 0.25) is 0 Å². The summed E-state index contributed by atoms with van der Waals surface area (Å²) in [4.78, 5) is 3.91. The van der Waals surface area contributed by atoms with Gasteiger partial charge >= 0.3 is 0 Å². The summed E-state index contributed by atoms with van der Waals surface area (Å²) < 4.78 is 30.3. The summed E-state index contributed by atoms with van der Waals surface area (Å²) in [6.07, 6.45) is 1.46. The molecular weight excluding hydrogens is 244 g/mol. The van der Waals surface area contributed by atoms with Gasteiger partial charge in [0.2, 0.25) is 15.9 Å². The van der Waals surface area contributed by atoms with Crippen LogP contribution in [0.3, 0.4) is 0 Å². The van der Waals surface area contributed by atoms with Gasteiger partial charge in [-0.15, -0.1) is 0 Å². The summed E-state index contributed by atoms with van der Waals surface area (Å²) >= 11 is 0. The molecule has 0 spiro atoms. The lowest BCUT2D eigenvalue weighted by Gasteiger charge is -2.04. The van der Waals surface area contributed by atoms with Gasteiger partial charge in [-0.3, -0.25) is 0 Å². The van der Waals surface area contributed by atoms with Crippen LogP contribution in [-0.2, 0) is 16.6 Å². The Morgan fingerprint density at radius 1 is 1.35 bits per heavy atom. The van der Waals surface area contributed by atoms with Crippen molar-refractivity contribution in [2.75, 3.05) is 19.3 Å². The van der Waals surface area contributed by atoms with E-state index in [9.17, 15) is 8.42 Å². The van der Waals surface area contributed by atoms with E-state index in [0.29, 0.717) is 18.1 Å². The largest absolute Gasteiger partial charge is 0.340 e. The summed E-state index contributed by atoms with van der Waals surface area (Å²) in [5.74, 6) is 0.889. The van der Waals surface area contributed by atoms with Crippen LogP contribution in [0.4, 0.5) is 0 Å². The van der Waals surface area contributed by atoms with Gasteiger partial charge in [0.1, 0.15) is 0 Å². The first-order valence-corrected chi connectivity index (χ1v) is 7.10. The molecule has 0 saturated heterocycles. The van der Waals surface area contributed by atoms with Crippen molar-refractivity contribution >= 4 is 10.0 Å². The standard InChI is InChI=1S/C9H18N4O3S/c1-8-12-9(13-16-8)7-11-17(14,15)6-4-3-5-10-2/h10-11H,3-7H2,1-2H3. The molecule has 0 aliphatic heterocycles. The molecule has 0 atom stereocenters. The van der Waals surface area contributed by atoms with Crippen molar-refractivity contribution in [3.63, 3.8) is 0 Å². The second-order valence-electron chi connectivity index (χ2n) is 3.68. The fraction of sp³-hybridized carbons (Fsp3) is 0.778. The third kappa shape index (κ3) is 5.76. The maximum atomic E-state index is 11.6. The van der Waals surface area contributed by atoms with Gasteiger partial charge in [-0.1, -0.05) is 5.16 Å². The first kappa shape index (κ1) is 14.1. The molecule has 8 heteroatoms. The van der Waals surface area contributed by atoms with E-state index in [1.54, 1.807) is 6.92 Å². The fourth-order valence-corrected chi connectivity index (χ4v) is 2.33. The van der Waals surface area contributed by atoms with E-state index < -0.39 is 10.0 Å². The molecule has 0 aliphatic rings. The van der Waals surface area contributed by atoms with Crippen LogP contribution in [0.15, 0.2) is 4.52 Å². The number of rotatable bonds is 8. The summed E-state index contributed by atoms with van der Waals surface area (Å²) in [6.45, 7) is 2.55. The molecule has 0 amide bonds. The highest BCUT2D eigenvalue weighted by molar-refractivity contribution is 7.89. The second-order valence-corrected chi connectivity index (χ2v) is 5.61. The minimum atomic E-state index is -3.25. The SMILES string of the molecule is CNCCCCS(=O)(=O)NCc1noc(C)n1. The third-order valence-corrected chi connectivity index (χ3v) is 3.52. The van der Waals surface area contributed by atoms with Gasteiger partial charge in [0, 0.05) is 6.92 Å². The van der Waals surface area contributed by atoms with Gasteiger partial charge in [-0.2, -0.15) is 4.98 Å². The molecule has 7 nitrogen and oxygen atoms in total. The Labute approximate surface area is 101 Å². The Morgan fingerprint density at radius 2 is 2.12 bits per heavy atom. The lowest BCUT2D eigenvalue weighted by Crippen LogP contribution is -2.26. The average Bonchev–Trinajstić information content (AvgIpc) is 2.68. The van der Waals surface area contributed by atoms with Crippen LogP contribution < -0.4 is 10.0 Å². The predicted octanol–water partition coefficient (Wildman–Crippen LogP) is -0.203. The highest BCUT2D eigenvalue weighted by Crippen LogP contribution is 1.98. The monoisotopic (exact) mass is 262 g/mol. The number of sulfonamides is 1. The lowest BCUT2D eigenvalue weighted by atomic mass is 10.3. The number of nitrogens with one attached hydrogen (secondary N) is 2. The van der Waals surface area contributed by atoms with Crippen LogP contribution in [0.5, 0.6) is 0 Å². The first-order valence-electron chi connectivity index (χ1n) is 5.44. The molecule has 1 heterocycles. The van der Waals surface area contributed by atoms with Crippen LogP contribution in [0.25, 0.3) is 0 Å². The number of unbranched alkanes of at least 4 members (excludes halogenated alkanes) is 1. The molecule has 1 aromatic rings. The van der Waals surface area contributed by atoms with Crippen molar-refractivity contribution < 1.29 is 12.9 Å².